The van der Waals surface area contributed by atoms with Gasteiger partial charge in [0, 0.05) is 18.8 Å². The van der Waals surface area contributed by atoms with Crippen molar-refractivity contribution in [3.63, 3.8) is 0 Å². The van der Waals surface area contributed by atoms with Gasteiger partial charge in [0.25, 0.3) is 0 Å². The van der Waals surface area contributed by atoms with E-state index in [-0.39, 0.29) is 36.2 Å². The van der Waals surface area contributed by atoms with E-state index in [9.17, 15) is 23.1 Å². The van der Waals surface area contributed by atoms with Crippen LogP contribution in [-0.2, 0) is 20.2 Å². The van der Waals surface area contributed by atoms with Gasteiger partial charge in [-0.05, 0) is 55.0 Å². The van der Waals surface area contributed by atoms with Crippen molar-refractivity contribution in [3.8, 4) is 0 Å². The van der Waals surface area contributed by atoms with Crippen molar-refractivity contribution in [1.82, 2.24) is 9.62 Å². The van der Waals surface area contributed by atoms with Crippen molar-refractivity contribution in [1.29, 1.82) is 0 Å². The summed E-state index contributed by atoms with van der Waals surface area (Å²) in [6.07, 6.45) is -1.28. The summed E-state index contributed by atoms with van der Waals surface area (Å²) < 4.78 is 27.3. The van der Waals surface area contributed by atoms with Gasteiger partial charge in [0.2, 0.25) is 15.9 Å². The van der Waals surface area contributed by atoms with Crippen LogP contribution in [0.2, 0.25) is 0 Å². The third-order valence-electron chi connectivity index (χ3n) is 6.02. The maximum absolute atomic E-state index is 13.2. The highest BCUT2D eigenvalue weighted by Crippen LogP contribution is 2.29. The Morgan fingerprint density at radius 1 is 0.970 bits per heavy atom. The minimum Gasteiger partial charge on any atom is -0.465 e. The van der Waals surface area contributed by atoms with Gasteiger partial charge in [-0.15, -0.1) is 0 Å². The first-order valence-corrected chi connectivity index (χ1v) is 12.3. The second-order valence-electron chi connectivity index (χ2n) is 9.51. The molecule has 0 aliphatic carbocycles. The quantitative estimate of drug-likeness (QED) is 0.612. The number of nitrogens with zero attached hydrogens (tertiary/aromatic N) is 1. The highest BCUT2D eigenvalue weighted by molar-refractivity contribution is 7.89. The van der Waals surface area contributed by atoms with Gasteiger partial charge in [-0.25, -0.2) is 13.2 Å². The lowest BCUT2D eigenvalue weighted by molar-refractivity contribution is -0.123. The number of benzene rings is 2. The minimum atomic E-state index is -3.73. The molecule has 9 heteroatoms. The normalized spacial score (nSPS) is 16.7. The predicted molar refractivity (Wildman–Crippen MR) is 127 cm³/mol. The van der Waals surface area contributed by atoms with Crippen molar-refractivity contribution in [2.45, 2.75) is 56.4 Å². The van der Waals surface area contributed by atoms with Crippen LogP contribution in [0, 0.1) is 6.92 Å². The molecule has 0 aromatic heterocycles. The van der Waals surface area contributed by atoms with E-state index in [2.05, 4.69) is 31.4 Å². The second kappa shape index (κ2) is 9.15. The van der Waals surface area contributed by atoms with Crippen LogP contribution in [0.4, 0.5) is 10.5 Å². The van der Waals surface area contributed by atoms with E-state index >= 15 is 0 Å². The summed E-state index contributed by atoms with van der Waals surface area (Å²) in [7, 11) is -3.73. The van der Waals surface area contributed by atoms with Crippen molar-refractivity contribution in [3.05, 3.63) is 59.7 Å². The maximum atomic E-state index is 13.2. The zero-order valence-electron chi connectivity index (χ0n) is 19.4. The Bertz CT molecular complexity index is 1110. The number of aryl methyl sites for hydroxylation is 1. The fraction of sp³-hybridized carbons (Fsp3) is 0.417. The van der Waals surface area contributed by atoms with Crippen LogP contribution >= 0.6 is 0 Å². The molecule has 0 saturated carbocycles. The van der Waals surface area contributed by atoms with Crippen LogP contribution in [0.25, 0.3) is 0 Å². The van der Waals surface area contributed by atoms with Gasteiger partial charge in [-0.1, -0.05) is 50.6 Å². The Morgan fingerprint density at radius 2 is 1.52 bits per heavy atom. The number of rotatable bonds is 5. The number of carbonyl (C=O) groups excluding carboxylic acids is 1. The van der Waals surface area contributed by atoms with E-state index in [0.29, 0.717) is 5.69 Å². The van der Waals surface area contributed by atoms with E-state index in [1.165, 1.54) is 4.31 Å². The molecule has 1 fully saturated rings. The van der Waals surface area contributed by atoms with E-state index in [1.807, 2.05) is 19.1 Å². The molecule has 1 aliphatic heterocycles. The molecule has 0 bridgehead atoms. The molecular formula is C24H31N3O5S. The standard InChI is InChI=1S/C24H31N3O5S/c1-17-5-11-20(12-6-17)33(31,32)27-15-13-24(14-16-27,26-22(29)30)21(28)25-19-9-7-18(8-10-19)23(2,3)4/h5-12,26H,13-16H2,1-4H3,(H,25,28)(H,29,30). The first-order chi connectivity index (χ1) is 15.3. The molecule has 0 radical (unpaired) electrons. The maximum Gasteiger partial charge on any atom is 0.405 e. The number of amides is 2. The highest BCUT2D eigenvalue weighted by atomic mass is 32.2. The molecule has 2 aromatic rings. The zero-order valence-corrected chi connectivity index (χ0v) is 20.2. The van der Waals surface area contributed by atoms with Crippen LogP contribution in [0.15, 0.2) is 53.4 Å². The van der Waals surface area contributed by atoms with Gasteiger partial charge < -0.3 is 15.7 Å². The van der Waals surface area contributed by atoms with Crippen LogP contribution < -0.4 is 10.6 Å². The molecule has 1 aliphatic rings. The van der Waals surface area contributed by atoms with Gasteiger partial charge in [0.1, 0.15) is 5.54 Å². The average Bonchev–Trinajstić information content (AvgIpc) is 2.73. The number of sulfonamides is 1. The molecule has 0 atom stereocenters. The molecule has 0 spiro atoms. The van der Waals surface area contributed by atoms with Crippen molar-refractivity contribution < 1.29 is 23.1 Å². The lowest BCUT2D eigenvalue weighted by atomic mass is 9.86. The molecule has 2 aromatic carbocycles. The van der Waals surface area contributed by atoms with E-state index < -0.39 is 27.6 Å². The number of hydrogen-bond acceptors (Lipinski definition) is 4. The van der Waals surface area contributed by atoms with Crippen molar-refractivity contribution >= 4 is 27.7 Å². The molecule has 3 rings (SSSR count). The number of hydrogen-bond donors (Lipinski definition) is 3. The Morgan fingerprint density at radius 3 is 2.00 bits per heavy atom. The van der Waals surface area contributed by atoms with Gasteiger partial charge in [-0.3, -0.25) is 4.79 Å². The Balaban J connectivity index is 1.76. The minimum absolute atomic E-state index is 0.0207. The number of carbonyl (C=O) groups is 2. The fourth-order valence-electron chi connectivity index (χ4n) is 3.89. The average molecular weight is 474 g/mol. The smallest absolute Gasteiger partial charge is 0.405 e. The first kappa shape index (κ1) is 24.7. The van der Waals surface area contributed by atoms with E-state index in [0.717, 1.165) is 11.1 Å². The summed E-state index contributed by atoms with van der Waals surface area (Å²) in [5, 5.41) is 14.5. The molecule has 2 amide bonds. The molecular weight excluding hydrogens is 442 g/mol. The van der Waals surface area contributed by atoms with Gasteiger partial charge in [0.15, 0.2) is 0 Å². The Kier molecular flexibility index (Phi) is 6.85. The van der Waals surface area contributed by atoms with Gasteiger partial charge in [0.05, 0.1) is 4.90 Å². The number of nitrogens with one attached hydrogen (secondary N) is 2. The number of anilines is 1. The Labute approximate surface area is 195 Å². The fourth-order valence-corrected chi connectivity index (χ4v) is 5.33. The SMILES string of the molecule is Cc1ccc(S(=O)(=O)N2CCC(NC(=O)O)(C(=O)Nc3ccc(C(C)(C)C)cc3)CC2)cc1. The summed E-state index contributed by atoms with van der Waals surface area (Å²) in [6.45, 7) is 8.18. The van der Waals surface area contributed by atoms with Gasteiger partial charge in [-0.2, -0.15) is 4.31 Å². The van der Waals surface area contributed by atoms with Gasteiger partial charge >= 0.3 is 6.09 Å². The number of carboxylic acid groups (broad SMARTS) is 1. The lowest BCUT2D eigenvalue weighted by Gasteiger charge is -2.39. The van der Waals surface area contributed by atoms with Crippen molar-refractivity contribution in [2.75, 3.05) is 18.4 Å². The molecule has 3 N–H and O–H groups in total. The lowest BCUT2D eigenvalue weighted by Crippen LogP contribution is -2.62. The molecule has 1 saturated heterocycles. The van der Waals surface area contributed by atoms with E-state index in [4.69, 9.17) is 0 Å². The molecule has 178 valence electrons. The summed E-state index contributed by atoms with van der Waals surface area (Å²) in [4.78, 5) is 24.8. The molecule has 1 heterocycles. The molecule has 0 unspecified atom stereocenters. The molecule has 8 nitrogen and oxygen atoms in total. The van der Waals surface area contributed by atoms with Crippen LogP contribution in [0.5, 0.6) is 0 Å². The topological polar surface area (TPSA) is 116 Å². The summed E-state index contributed by atoms with van der Waals surface area (Å²) in [5.41, 5.74) is 1.14. The van der Waals surface area contributed by atoms with Crippen LogP contribution in [0.1, 0.15) is 44.7 Å². The highest BCUT2D eigenvalue weighted by Gasteiger charge is 2.45. The third-order valence-corrected chi connectivity index (χ3v) is 7.94. The summed E-state index contributed by atoms with van der Waals surface area (Å²) >= 11 is 0. The second-order valence-corrected chi connectivity index (χ2v) is 11.4. The first-order valence-electron chi connectivity index (χ1n) is 10.8. The summed E-state index contributed by atoms with van der Waals surface area (Å²) in [6, 6.07) is 14.0. The van der Waals surface area contributed by atoms with Crippen LogP contribution in [-0.4, -0.2) is 48.5 Å². The predicted octanol–water partition coefficient (Wildman–Crippen LogP) is 3.72. The van der Waals surface area contributed by atoms with Crippen molar-refractivity contribution in [2.24, 2.45) is 0 Å². The molecule has 33 heavy (non-hydrogen) atoms. The van der Waals surface area contributed by atoms with Crippen LogP contribution in [0.3, 0.4) is 0 Å². The zero-order chi connectivity index (χ0) is 24.4. The number of piperidine rings is 1. The third kappa shape index (κ3) is 5.54. The monoisotopic (exact) mass is 473 g/mol. The largest absolute Gasteiger partial charge is 0.465 e. The Hall–Kier alpha value is -2.91. The summed E-state index contributed by atoms with van der Waals surface area (Å²) in [5.74, 6) is -0.499. The van der Waals surface area contributed by atoms with E-state index in [1.54, 1.807) is 36.4 Å².